The van der Waals surface area contributed by atoms with Gasteiger partial charge in [-0.1, -0.05) is 18.2 Å². The first-order valence-electron chi connectivity index (χ1n) is 12.1. The average Bonchev–Trinajstić information content (AvgIpc) is 3.36. The van der Waals surface area contributed by atoms with Gasteiger partial charge in [0.25, 0.3) is 5.91 Å². The molecule has 0 bridgehead atoms. The van der Waals surface area contributed by atoms with Crippen LogP contribution in [-0.2, 0) is 17.8 Å². The lowest BCUT2D eigenvalue weighted by Gasteiger charge is -2.34. The van der Waals surface area contributed by atoms with Crippen molar-refractivity contribution in [1.29, 1.82) is 0 Å². The van der Waals surface area contributed by atoms with Crippen molar-refractivity contribution in [3.8, 4) is 0 Å². The van der Waals surface area contributed by atoms with Crippen molar-refractivity contribution in [3.63, 3.8) is 0 Å². The Morgan fingerprint density at radius 3 is 2.53 bits per heavy atom. The second kappa shape index (κ2) is 8.72. The SMILES string of the molecule is O=C1[C@@H]2Cc3c([nH]c4ccccc34)CN2C(=O)N1CCCCN1CCN(c2ncccn2)CC1. The number of carbonyl (C=O) groups is 2. The predicted octanol–water partition coefficient (Wildman–Crippen LogP) is 2.25. The summed E-state index contributed by atoms with van der Waals surface area (Å²) in [5, 5.41) is 1.16. The van der Waals surface area contributed by atoms with E-state index in [1.54, 1.807) is 17.3 Å². The van der Waals surface area contributed by atoms with Crippen LogP contribution >= 0.6 is 0 Å². The predicted molar refractivity (Wildman–Crippen MR) is 128 cm³/mol. The van der Waals surface area contributed by atoms with E-state index in [9.17, 15) is 9.59 Å². The number of unbranched alkanes of at least 4 members (excludes halogenated alkanes) is 1. The number of benzene rings is 1. The molecule has 2 saturated heterocycles. The Morgan fingerprint density at radius 1 is 0.941 bits per heavy atom. The molecule has 9 nitrogen and oxygen atoms in total. The van der Waals surface area contributed by atoms with Gasteiger partial charge in [0.2, 0.25) is 5.95 Å². The molecule has 6 rings (SSSR count). The molecule has 0 saturated carbocycles. The molecule has 1 N–H and O–H groups in total. The molecule has 1 atom stereocenters. The Kier molecular flexibility index (Phi) is 5.41. The fraction of sp³-hybridized carbons (Fsp3) is 0.440. The summed E-state index contributed by atoms with van der Waals surface area (Å²) in [6.07, 6.45) is 5.94. The van der Waals surface area contributed by atoms with E-state index < -0.39 is 0 Å². The number of nitrogens with one attached hydrogen (secondary N) is 1. The number of urea groups is 1. The Hall–Kier alpha value is -3.46. The van der Waals surface area contributed by atoms with Gasteiger partial charge in [-0.15, -0.1) is 0 Å². The van der Waals surface area contributed by atoms with Crippen LogP contribution in [0, 0.1) is 0 Å². The van der Waals surface area contributed by atoms with Crippen molar-refractivity contribution in [2.45, 2.75) is 31.8 Å². The maximum absolute atomic E-state index is 13.1. The maximum atomic E-state index is 13.1. The number of fused-ring (bicyclic) bond motifs is 4. The molecular weight excluding hydrogens is 430 g/mol. The summed E-state index contributed by atoms with van der Waals surface area (Å²) in [5.74, 6) is 0.751. The quantitative estimate of drug-likeness (QED) is 0.449. The van der Waals surface area contributed by atoms with Crippen molar-refractivity contribution >= 4 is 28.8 Å². The first-order chi connectivity index (χ1) is 16.7. The zero-order valence-electron chi connectivity index (χ0n) is 19.2. The number of aromatic amines is 1. The zero-order valence-corrected chi connectivity index (χ0v) is 19.2. The first kappa shape index (κ1) is 21.1. The van der Waals surface area contributed by atoms with Crippen molar-refractivity contribution < 1.29 is 9.59 Å². The van der Waals surface area contributed by atoms with E-state index in [2.05, 4.69) is 30.8 Å². The molecule has 5 heterocycles. The topological polar surface area (TPSA) is 88.7 Å². The van der Waals surface area contributed by atoms with Crippen LogP contribution in [0.3, 0.4) is 0 Å². The number of amides is 3. The van der Waals surface area contributed by atoms with Gasteiger partial charge >= 0.3 is 6.03 Å². The van der Waals surface area contributed by atoms with Gasteiger partial charge in [0, 0.05) is 68.1 Å². The molecule has 3 amide bonds. The zero-order chi connectivity index (χ0) is 23.1. The van der Waals surface area contributed by atoms with E-state index in [1.165, 1.54) is 10.5 Å². The minimum atomic E-state index is -0.368. The molecule has 34 heavy (non-hydrogen) atoms. The number of piperazine rings is 1. The smallest absolute Gasteiger partial charge is 0.327 e. The largest absolute Gasteiger partial charge is 0.357 e. The molecule has 176 valence electrons. The first-order valence-corrected chi connectivity index (χ1v) is 12.1. The number of H-pyrrole nitrogens is 1. The van der Waals surface area contributed by atoms with E-state index in [1.807, 2.05) is 24.3 Å². The molecule has 3 aromatic rings. The highest BCUT2D eigenvalue weighted by atomic mass is 16.2. The highest BCUT2D eigenvalue weighted by Crippen LogP contribution is 2.34. The van der Waals surface area contributed by atoms with Crippen LogP contribution in [0.4, 0.5) is 10.7 Å². The minimum absolute atomic E-state index is 0.0441. The van der Waals surface area contributed by atoms with Crippen LogP contribution < -0.4 is 4.90 Å². The van der Waals surface area contributed by atoms with E-state index >= 15 is 0 Å². The van der Waals surface area contributed by atoms with Gasteiger partial charge in [0.1, 0.15) is 6.04 Å². The van der Waals surface area contributed by atoms with E-state index in [0.717, 1.165) is 68.1 Å². The number of nitrogens with zero attached hydrogens (tertiary/aromatic N) is 6. The third-order valence-electron chi connectivity index (χ3n) is 7.35. The van der Waals surface area contributed by atoms with Gasteiger partial charge in [-0.25, -0.2) is 14.8 Å². The second-order valence-electron chi connectivity index (χ2n) is 9.33. The summed E-state index contributed by atoms with van der Waals surface area (Å²) in [6, 6.07) is 9.48. The number of rotatable bonds is 6. The Morgan fingerprint density at radius 2 is 1.71 bits per heavy atom. The Balaban J connectivity index is 1.000. The number of hydrogen-bond acceptors (Lipinski definition) is 6. The lowest BCUT2D eigenvalue weighted by Crippen LogP contribution is -2.47. The van der Waals surface area contributed by atoms with E-state index in [4.69, 9.17) is 0 Å². The van der Waals surface area contributed by atoms with Crippen LogP contribution in [0.5, 0.6) is 0 Å². The summed E-state index contributed by atoms with van der Waals surface area (Å²) in [6.45, 7) is 5.73. The fourth-order valence-corrected chi connectivity index (χ4v) is 5.50. The lowest BCUT2D eigenvalue weighted by atomic mass is 9.97. The molecule has 9 heteroatoms. The van der Waals surface area contributed by atoms with Crippen LogP contribution in [0.25, 0.3) is 10.9 Å². The molecule has 2 fully saturated rings. The number of carbonyl (C=O) groups excluding carboxylic acids is 2. The molecule has 0 aliphatic carbocycles. The number of para-hydroxylation sites is 1. The van der Waals surface area contributed by atoms with E-state index in [-0.39, 0.29) is 18.0 Å². The number of hydrogen-bond donors (Lipinski definition) is 1. The number of imide groups is 1. The van der Waals surface area contributed by atoms with Crippen LogP contribution in [0.2, 0.25) is 0 Å². The maximum Gasteiger partial charge on any atom is 0.327 e. The Bertz CT molecular complexity index is 1200. The van der Waals surface area contributed by atoms with Crippen LogP contribution in [-0.4, -0.2) is 86.9 Å². The minimum Gasteiger partial charge on any atom is -0.357 e. The van der Waals surface area contributed by atoms with Crippen LogP contribution in [0.1, 0.15) is 24.1 Å². The van der Waals surface area contributed by atoms with Crippen molar-refractivity contribution in [1.82, 2.24) is 29.7 Å². The van der Waals surface area contributed by atoms with Gasteiger partial charge in [0.05, 0.1) is 6.54 Å². The van der Waals surface area contributed by atoms with Crippen molar-refractivity contribution in [2.24, 2.45) is 0 Å². The molecular formula is C25H29N7O2. The highest BCUT2D eigenvalue weighted by Gasteiger charge is 2.47. The van der Waals surface area contributed by atoms with E-state index in [0.29, 0.717) is 19.5 Å². The fourth-order valence-electron chi connectivity index (χ4n) is 5.50. The van der Waals surface area contributed by atoms with Crippen LogP contribution in [0.15, 0.2) is 42.7 Å². The Labute approximate surface area is 198 Å². The van der Waals surface area contributed by atoms with Crippen molar-refractivity contribution in [3.05, 3.63) is 54.0 Å². The molecule has 0 radical (unpaired) electrons. The molecule has 0 unspecified atom stereocenters. The number of anilines is 1. The highest BCUT2D eigenvalue weighted by molar-refractivity contribution is 6.05. The summed E-state index contributed by atoms with van der Waals surface area (Å²) in [4.78, 5) is 46.1. The monoisotopic (exact) mass is 459 g/mol. The molecule has 0 spiro atoms. The summed E-state index contributed by atoms with van der Waals surface area (Å²) >= 11 is 0. The summed E-state index contributed by atoms with van der Waals surface area (Å²) in [5.41, 5.74) is 3.31. The van der Waals surface area contributed by atoms with Gasteiger partial charge in [-0.05, 0) is 37.1 Å². The summed E-state index contributed by atoms with van der Waals surface area (Å²) < 4.78 is 0. The third-order valence-corrected chi connectivity index (χ3v) is 7.35. The van der Waals surface area contributed by atoms with Crippen molar-refractivity contribution in [2.75, 3.05) is 44.2 Å². The molecule has 1 aromatic carbocycles. The van der Waals surface area contributed by atoms with Gasteiger partial charge in [-0.2, -0.15) is 0 Å². The third kappa shape index (κ3) is 3.69. The molecule has 3 aliphatic rings. The lowest BCUT2D eigenvalue weighted by molar-refractivity contribution is -0.128. The average molecular weight is 460 g/mol. The van der Waals surface area contributed by atoms with Gasteiger partial charge < -0.3 is 14.8 Å². The normalized spacial score (nSPS) is 20.8. The van der Waals surface area contributed by atoms with Gasteiger partial charge in [-0.3, -0.25) is 14.6 Å². The van der Waals surface area contributed by atoms with Gasteiger partial charge in [0.15, 0.2) is 0 Å². The number of aromatic nitrogens is 3. The molecule has 3 aliphatic heterocycles. The summed E-state index contributed by atoms with van der Waals surface area (Å²) in [7, 11) is 0. The standard InChI is InChI=1S/C25H29N7O2/c33-23-22-16-19-18-6-1-2-7-20(18)28-21(19)17-32(22)25(34)31(23)11-4-3-10-29-12-14-30(15-13-29)24-26-8-5-9-27-24/h1-2,5-9,22,28H,3-4,10-17H2/t22-/m0/s1. The molecule has 2 aromatic heterocycles. The second-order valence-corrected chi connectivity index (χ2v) is 9.33.